The van der Waals surface area contributed by atoms with E-state index in [1.165, 1.54) is 4.90 Å². The Hall–Kier alpha value is -2.08. The van der Waals surface area contributed by atoms with Gasteiger partial charge in [0.25, 0.3) is 0 Å². The molecule has 0 heterocycles. The van der Waals surface area contributed by atoms with E-state index in [0.717, 1.165) is 5.56 Å². The zero-order chi connectivity index (χ0) is 13.5. The van der Waals surface area contributed by atoms with Crippen LogP contribution in [0.15, 0.2) is 24.3 Å². The number of rotatable bonds is 5. The molecular formula is C12H18N4O2. The van der Waals surface area contributed by atoms with Gasteiger partial charge in [0.05, 0.1) is 0 Å². The van der Waals surface area contributed by atoms with Gasteiger partial charge in [-0.3, -0.25) is 4.79 Å². The number of amides is 3. The first-order valence-electron chi connectivity index (χ1n) is 5.70. The number of anilines is 1. The molecule has 3 amide bonds. The van der Waals surface area contributed by atoms with Crippen LogP contribution in [0.25, 0.3) is 0 Å². The average molecular weight is 250 g/mol. The van der Waals surface area contributed by atoms with Crippen LogP contribution in [-0.2, 0) is 11.3 Å². The summed E-state index contributed by atoms with van der Waals surface area (Å²) in [6.45, 7) is 2.55. The zero-order valence-electron chi connectivity index (χ0n) is 10.3. The summed E-state index contributed by atoms with van der Waals surface area (Å²) in [4.78, 5) is 23.9. The topological polar surface area (TPSA) is 101 Å². The maximum absolute atomic E-state index is 11.8. The van der Waals surface area contributed by atoms with E-state index in [1.54, 1.807) is 19.1 Å². The van der Waals surface area contributed by atoms with Crippen molar-refractivity contribution in [2.75, 3.05) is 18.4 Å². The number of nitrogens with two attached hydrogens (primary N) is 2. The predicted octanol–water partition coefficient (Wildman–Crippen LogP) is 0.484. The van der Waals surface area contributed by atoms with E-state index in [1.807, 2.05) is 12.1 Å². The number of urea groups is 1. The van der Waals surface area contributed by atoms with Gasteiger partial charge in [0.15, 0.2) is 0 Å². The lowest BCUT2D eigenvalue weighted by Crippen LogP contribution is -2.40. The van der Waals surface area contributed by atoms with Crippen molar-refractivity contribution in [2.24, 2.45) is 11.5 Å². The molecule has 1 aromatic carbocycles. The number of hydrogen-bond donors (Lipinski definition) is 3. The van der Waals surface area contributed by atoms with Crippen molar-refractivity contribution >= 4 is 17.6 Å². The molecule has 0 saturated carbocycles. The standard InChI is InChI=1S/C12H18N4O2/c1-2-16(8-11(14)17)12(18)15-10-5-3-9(7-13)4-6-10/h3-6H,2,7-8,13H2,1H3,(H2,14,17)(H,15,18). The Balaban J connectivity index is 2.64. The van der Waals surface area contributed by atoms with Crippen molar-refractivity contribution in [2.45, 2.75) is 13.5 Å². The van der Waals surface area contributed by atoms with Gasteiger partial charge in [-0.1, -0.05) is 12.1 Å². The molecule has 0 bridgehead atoms. The van der Waals surface area contributed by atoms with E-state index in [9.17, 15) is 9.59 Å². The molecule has 5 N–H and O–H groups in total. The van der Waals surface area contributed by atoms with Crippen molar-refractivity contribution < 1.29 is 9.59 Å². The highest BCUT2D eigenvalue weighted by Crippen LogP contribution is 2.09. The summed E-state index contributed by atoms with van der Waals surface area (Å²) in [5.41, 5.74) is 12.2. The fourth-order valence-electron chi connectivity index (χ4n) is 1.44. The number of carbonyl (C=O) groups is 2. The third-order valence-corrected chi connectivity index (χ3v) is 2.46. The van der Waals surface area contributed by atoms with Gasteiger partial charge in [0.1, 0.15) is 6.54 Å². The number of primary amides is 1. The molecule has 6 nitrogen and oxygen atoms in total. The number of carbonyl (C=O) groups excluding carboxylic acids is 2. The molecule has 0 saturated heterocycles. The van der Waals surface area contributed by atoms with Crippen LogP contribution in [0.3, 0.4) is 0 Å². The van der Waals surface area contributed by atoms with Crippen LogP contribution in [0.1, 0.15) is 12.5 Å². The van der Waals surface area contributed by atoms with Gasteiger partial charge < -0.3 is 21.7 Å². The van der Waals surface area contributed by atoms with E-state index >= 15 is 0 Å². The van der Waals surface area contributed by atoms with E-state index < -0.39 is 5.91 Å². The number of nitrogens with zero attached hydrogens (tertiary/aromatic N) is 1. The molecule has 0 fully saturated rings. The molecule has 6 heteroatoms. The lowest BCUT2D eigenvalue weighted by atomic mass is 10.2. The molecule has 0 aromatic heterocycles. The third kappa shape index (κ3) is 4.06. The monoisotopic (exact) mass is 250 g/mol. The van der Waals surface area contributed by atoms with Crippen molar-refractivity contribution in [3.05, 3.63) is 29.8 Å². The first-order chi connectivity index (χ1) is 8.56. The van der Waals surface area contributed by atoms with Crippen LogP contribution in [0, 0.1) is 0 Å². The van der Waals surface area contributed by atoms with Gasteiger partial charge >= 0.3 is 6.03 Å². The molecule has 0 atom stereocenters. The minimum absolute atomic E-state index is 0.0940. The number of likely N-dealkylation sites (N-methyl/N-ethyl adjacent to an activating group) is 1. The fraction of sp³-hybridized carbons (Fsp3) is 0.333. The molecule has 18 heavy (non-hydrogen) atoms. The second-order valence-corrected chi connectivity index (χ2v) is 3.81. The largest absolute Gasteiger partial charge is 0.368 e. The number of benzene rings is 1. The number of nitrogens with one attached hydrogen (secondary N) is 1. The van der Waals surface area contributed by atoms with Crippen molar-refractivity contribution in [3.8, 4) is 0 Å². The van der Waals surface area contributed by atoms with Gasteiger partial charge in [-0.2, -0.15) is 0 Å². The van der Waals surface area contributed by atoms with Crippen LogP contribution in [0.4, 0.5) is 10.5 Å². The SMILES string of the molecule is CCN(CC(N)=O)C(=O)Nc1ccc(CN)cc1. The van der Waals surface area contributed by atoms with Gasteiger partial charge in [-0.15, -0.1) is 0 Å². The molecule has 1 aromatic rings. The second kappa shape index (κ2) is 6.61. The summed E-state index contributed by atoms with van der Waals surface area (Å²) in [6.07, 6.45) is 0. The summed E-state index contributed by atoms with van der Waals surface area (Å²) in [6, 6.07) is 6.84. The Labute approximate surface area is 106 Å². The molecule has 1 rings (SSSR count). The summed E-state index contributed by atoms with van der Waals surface area (Å²) >= 11 is 0. The highest BCUT2D eigenvalue weighted by atomic mass is 16.2. The first-order valence-corrected chi connectivity index (χ1v) is 5.70. The maximum atomic E-state index is 11.8. The van der Waals surface area contributed by atoms with Gasteiger partial charge in [-0.05, 0) is 24.6 Å². The second-order valence-electron chi connectivity index (χ2n) is 3.81. The van der Waals surface area contributed by atoms with E-state index in [-0.39, 0.29) is 12.6 Å². The lowest BCUT2D eigenvalue weighted by molar-refractivity contribution is -0.118. The number of hydrogen-bond acceptors (Lipinski definition) is 3. The van der Waals surface area contributed by atoms with Crippen LogP contribution in [-0.4, -0.2) is 29.9 Å². The first kappa shape index (κ1) is 14.0. The van der Waals surface area contributed by atoms with Crippen LogP contribution in [0.2, 0.25) is 0 Å². The Bertz CT molecular complexity index is 417. The van der Waals surface area contributed by atoms with Crippen LogP contribution < -0.4 is 16.8 Å². The van der Waals surface area contributed by atoms with Crippen LogP contribution >= 0.6 is 0 Å². The normalized spacial score (nSPS) is 9.89. The molecule has 0 spiro atoms. The summed E-state index contributed by atoms with van der Waals surface area (Å²) in [7, 11) is 0. The smallest absolute Gasteiger partial charge is 0.322 e. The van der Waals surface area contributed by atoms with Gasteiger partial charge in [0.2, 0.25) is 5.91 Å². The van der Waals surface area contributed by atoms with E-state index in [4.69, 9.17) is 11.5 Å². The molecule has 0 radical (unpaired) electrons. The quantitative estimate of drug-likeness (QED) is 0.708. The van der Waals surface area contributed by atoms with E-state index in [2.05, 4.69) is 5.32 Å². The summed E-state index contributed by atoms with van der Waals surface area (Å²) in [5.74, 6) is -0.537. The van der Waals surface area contributed by atoms with Crippen molar-refractivity contribution in [1.29, 1.82) is 0 Å². The van der Waals surface area contributed by atoms with Gasteiger partial charge in [0, 0.05) is 18.8 Å². The minimum Gasteiger partial charge on any atom is -0.368 e. The fourth-order valence-corrected chi connectivity index (χ4v) is 1.44. The molecule has 98 valence electrons. The van der Waals surface area contributed by atoms with Gasteiger partial charge in [-0.25, -0.2) is 4.79 Å². The van der Waals surface area contributed by atoms with E-state index in [0.29, 0.717) is 18.8 Å². The highest BCUT2D eigenvalue weighted by molar-refractivity contribution is 5.92. The minimum atomic E-state index is -0.537. The molecule has 0 aliphatic heterocycles. The lowest BCUT2D eigenvalue weighted by Gasteiger charge is -2.19. The zero-order valence-corrected chi connectivity index (χ0v) is 10.3. The third-order valence-electron chi connectivity index (χ3n) is 2.46. The molecule has 0 unspecified atom stereocenters. The Morgan fingerprint density at radius 3 is 2.33 bits per heavy atom. The Kier molecular flexibility index (Phi) is 5.13. The average Bonchev–Trinajstić information content (AvgIpc) is 2.36. The highest BCUT2D eigenvalue weighted by Gasteiger charge is 2.13. The predicted molar refractivity (Wildman–Crippen MR) is 69.8 cm³/mol. The van der Waals surface area contributed by atoms with Crippen molar-refractivity contribution in [1.82, 2.24) is 4.90 Å². The summed E-state index contributed by atoms with van der Waals surface area (Å²) in [5, 5.41) is 2.69. The Morgan fingerprint density at radius 2 is 1.89 bits per heavy atom. The Morgan fingerprint density at radius 1 is 1.28 bits per heavy atom. The molecular weight excluding hydrogens is 232 g/mol. The maximum Gasteiger partial charge on any atom is 0.322 e. The molecule has 0 aliphatic carbocycles. The van der Waals surface area contributed by atoms with Crippen molar-refractivity contribution in [3.63, 3.8) is 0 Å². The summed E-state index contributed by atoms with van der Waals surface area (Å²) < 4.78 is 0. The van der Waals surface area contributed by atoms with Crippen LogP contribution in [0.5, 0.6) is 0 Å². The molecule has 0 aliphatic rings.